The SMILES string of the molecule is CCCCCCC=C[C@@H](OC(=O)c1ccccc1)[C@H](CO[C@H]1O[C@@H]2COC(c3ccccc3)O[C@@H]2[C@H](O)[C@H]1O)N=[N+]=[N-]. The molecule has 2 N–H and O–H groups in total. The molecule has 2 saturated heterocycles. The molecule has 0 amide bonds. The third-order valence-corrected chi connectivity index (χ3v) is 7.22. The lowest BCUT2D eigenvalue weighted by molar-refractivity contribution is -0.361. The van der Waals surface area contributed by atoms with Gasteiger partial charge < -0.3 is 33.9 Å². The number of nitrogens with zero attached hydrogens (tertiary/aromatic N) is 3. The molecule has 2 aromatic carbocycles. The van der Waals surface area contributed by atoms with Crippen LogP contribution >= 0.6 is 0 Å². The highest BCUT2D eigenvalue weighted by Gasteiger charge is 2.49. The molecule has 0 saturated carbocycles. The van der Waals surface area contributed by atoms with Crippen LogP contribution in [0.15, 0.2) is 77.9 Å². The summed E-state index contributed by atoms with van der Waals surface area (Å²) in [6.45, 7) is 1.99. The maximum atomic E-state index is 12.9. The van der Waals surface area contributed by atoms with Crippen LogP contribution < -0.4 is 0 Å². The molecule has 0 radical (unpaired) electrons. The number of unbranched alkanes of at least 4 members (excludes halogenated alkanes) is 4. The van der Waals surface area contributed by atoms with Gasteiger partial charge in [-0.15, -0.1) is 0 Å². The minimum atomic E-state index is -1.45. The van der Waals surface area contributed by atoms with E-state index < -0.39 is 55.1 Å². The summed E-state index contributed by atoms with van der Waals surface area (Å²) in [5, 5.41) is 25.5. The van der Waals surface area contributed by atoms with E-state index >= 15 is 0 Å². The monoisotopic (exact) mass is 581 g/mol. The molecule has 226 valence electrons. The lowest BCUT2D eigenvalue weighted by atomic mass is 9.98. The molecule has 8 atom stereocenters. The summed E-state index contributed by atoms with van der Waals surface area (Å²) < 4.78 is 29.2. The Bertz CT molecular complexity index is 1180. The van der Waals surface area contributed by atoms with E-state index in [9.17, 15) is 20.5 Å². The van der Waals surface area contributed by atoms with Crippen LogP contribution in [0.3, 0.4) is 0 Å². The van der Waals surface area contributed by atoms with Crippen LogP contribution in [0.25, 0.3) is 10.4 Å². The van der Waals surface area contributed by atoms with Gasteiger partial charge in [0.2, 0.25) is 0 Å². The molecule has 2 fully saturated rings. The Hall–Kier alpha value is -3.28. The van der Waals surface area contributed by atoms with Gasteiger partial charge >= 0.3 is 5.97 Å². The number of carbonyl (C=O) groups excluding carboxylic acids is 1. The number of benzene rings is 2. The number of hydrogen-bond donors (Lipinski definition) is 2. The third kappa shape index (κ3) is 8.62. The summed E-state index contributed by atoms with van der Waals surface area (Å²) >= 11 is 0. The van der Waals surface area contributed by atoms with Crippen LogP contribution in [0.4, 0.5) is 0 Å². The van der Waals surface area contributed by atoms with Gasteiger partial charge in [0.25, 0.3) is 0 Å². The molecule has 2 heterocycles. The average molecular weight is 582 g/mol. The van der Waals surface area contributed by atoms with Crippen molar-refractivity contribution in [3.8, 4) is 0 Å². The Morgan fingerprint density at radius 3 is 2.52 bits per heavy atom. The van der Waals surface area contributed by atoms with Gasteiger partial charge in [0.05, 0.1) is 18.8 Å². The van der Waals surface area contributed by atoms with Gasteiger partial charge in [0, 0.05) is 10.5 Å². The minimum Gasteiger partial charge on any atom is -0.454 e. The van der Waals surface area contributed by atoms with Crippen molar-refractivity contribution < 1.29 is 38.7 Å². The molecular weight excluding hydrogens is 542 g/mol. The zero-order chi connectivity index (χ0) is 29.7. The fourth-order valence-corrected chi connectivity index (χ4v) is 4.88. The summed E-state index contributed by atoms with van der Waals surface area (Å²) in [4.78, 5) is 15.8. The first kappa shape index (κ1) is 31.7. The maximum Gasteiger partial charge on any atom is 0.338 e. The molecule has 4 rings (SSSR count). The Morgan fingerprint density at radius 1 is 1.07 bits per heavy atom. The maximum absolute atomic E-state index is 12.9. The Kier molecular flexibility index (Phi) is 12.3. The van der Waals surface area contributed by atoms with Gasteiger partial charge in [0.1, 0.15) is 36.6 Å². The van der Waals surface area contributed by atoms with E-state index in [-0.39, 0.29) is 13.2 Å². The Balaban J connectivity index is 1.41. The number of rotatable bonds is 14. The molecule has 0 bridgehead atoms. The molecular formula is C31H39N3O8. The molecule has 11 heteroatoms. The predicted octanol–water partition coefficient (Wildman–Crippen LogP) is 5.00. The van der Waals surface area contributed by atoms with E-state index in [0.29, 0.717) is 5.56 Å². The number of ether oxygens (including phenoxy) is 5. The zero-order valence-corrected chi connectivity index (χ0v) is 23.7. The number of fused-ring (bicyclic) bond motifs is 1. The number of carbonyl (C=O) groups is 1. The van der Waals surface area contributed by atoms with Crippen molar-refractivity contribution in [3.63, 3.8) is 0 Å². The predicted molar refractivity (Wildman–Crippen MR) is 153 cm³/mol. The largest absolute Gasteiger partial charge is 0.454 e. The Labute approximate surface area is 245 Å². The van der Waals surface area contributed by atoms with Crippen LogP contribution in [0, 0.1) is 0 Å². The van der Waals surface area contributed by atoms with Crippen molar-refractivity contribution in [2.75, 3.05) is 13.2 Å². The summed E-state index contributed by atoms with van der Waals surface area (Å²) in [5.74, 6) is -0.578. The van der Waals surface area contributed by atoms with E-state index in [1.807, 2.05) is 36.4 Å². The molecule has 2 aliphatic heterocycles. The fourth-order valence-electron chi connectivity index (χ4n) is 4.88. The van der Waals surface area contributed by atoms with Gasteiger partial charge in [0.15, 0.2) is 12.6 Å². The summed E-state index contributed by atoms with van der Waals surface area (Å²) in [6, 6.07) is 16.8. The second-order valence-electron chi connectivity index (χ2n) is 10.3. The number of esters is 1. The van der Waals surface area contributed by atoms with E-state index in [4.69, 9.17) is 23.7 Å². The summed E-state index contributed by atoms with van der Waals surface area (Å²) in [6.07, 6.45) is 1.45. The first-order valence-corrected chi connectivity index (χ1v) is 14.4. The molecule has 2 aromatic rings. The normalized spacial score (nSPS) is 27.0. The van der Waals surface area contributed by atoms with Crippen molar-refractivity contribution in [3.05, 3.63) is 94.4 Å². The standard InChI is InChI=1S/C31H39N3O8/c1-2-3-4-5-6-13-18-24(40-29(37)21-14-9-7-10-15-21)23(33-34-32)19-38-31-27(36)26(35)28-25(41-31)20-39-30(42-28)22-16-11-8-12-17-22/h7-18,23-28,30-31,35-36H,2-6,19-20H2,1H3/t23-,24+,25+,26+,27+,28-,30?,31-/m0/s1. The quantitative estimate of drug-likeness (QED) is 0.0790. The van der Waals surface area contributed by atoms with Crippen LogP contribution in [0.1, 0.15) is 61.2 Å². The van der Waals surface area contributed by atoms with E-state index in [1.165, 1.54) is 0 Å². The van der Waals surface area contributed by atoms with Crippen LogP contribution in [0.5, 0.6) is 0 Å². The van der Waals surface area contributed by atoms with Gasteiger partial charge in [-0.05, 0) is 36.6 Å². The first-order chi connectivity index (χ1) is 20.5. The Morgan fingerprint density at radius 2 is 1.81 bits per heavy atom. The highest BCUT2D eigenvalue weighted by molar-refractivity contribution is 5.89. The van der Waals surface area contributed by atoms with Gasteiger partial charge in [-0.25, -0.2) is 4.79 Å². The smallest absolute Gasteiger partial charge is 0.338 e. The van der Waals surface area contributed by atoms with Crippen molar-refractivity contribution in [2.24, 2.45) is 5.11 Å². The third-order valence-electron chi connectivity index (χ3n) is 7.22. The zero-order valence-electron chi connectivity index (χ0n) is 23.7. The second-order valence-corrected chi connectivity index (χ2v) is 10.3. The van der Waals surface area contributed by atoms with Gasteiger partial charge in [-0.3, -0.25) is 0 Å². The average Bonchev–Trinajstić information content (AvgIpc) is 3.03. The van der Waals surface area contributed by atoms with Crippen molar-refractivity contribution in [1.82, 2.24) is 0 Å². The molecule has 0 aliphatic carbocycles. The molecule has 11 nitrogen and oxygen atoms in total. The van der Waals surface area contributed by atoms with Crippen LogP contribution in [0.2, 0.25) is 0 Å². The van der Waals surface area contributed by atoms with Crippen LogP contribution in [-0.2, 0) is 23.7 Å². The van der Waals surface area contributed by atoms with Crippen molar-refractivity contribution in [2.45, 2.75) is 88.2 Å². The molecule has 42 heavy (non-hydrogen) atoms. The van der Waals surface area contributed by atoms with E-state index in [2.05, 4.69) is 16.9 Å². The van der Waals surface area contributed by atoms with Gasteiger partial charge in [-0.2, -0.15) is 0 Å². The summed E-state index contributed by atoms with van der Waals surface area (Å²) in [5.41, 5.74) is 10.4. The molecule has 2 aliphatic rings. The van der Waals surface area contributed by atoms with Crippen LogP contribution in [-0.4, -0.2) is 72.2 Å². The molecule has 0 spiro atoms. The highest BCUT2D eigenvalue weighted by atomic mass is 16.8. The van der Waals surface area contributed by atoms with E-state index in [0.717, 1.165) is 37.7 Å². The first-order valence-electron chi connectivity index (χ1n) is 14.4. The van der Waals surface area contributed by atoms with Crippen molar-refractivity contribution in [1.29, 1.82) is 0 Å². The minimum absolute atomic E-state index is 0.103. The number of azide groups is 1. The fraction of sp³-hybridized carbons (Fsp3) is 0.516. The molecule has 0 aromatic heterocycles. The topological polar surface area (TPSA) is 152 Å². The lowest BCUT2D eigenvalue weighted by Gasteiger charge is -2.46. The number of aliphatic hydroxyl groups excluding tert-OH is 2. The summed E-state index contributed by atoms with van der Waals surface area (Å²) in [7, 11) is 0. The molecule has 1 unspecified atom stereocenters. The van der Waals surface area contributed by atoms with Gasteiger partial charge in [-0.1, -0.05) is 85.9 Å². The van der Waals surface area contributed by atoms with Crippen molar-refractivity contribution >= 4 is 5.97 Å². The number of allylic oxidation sites excluding steroid dienone is 1. The number of aliphatic hydroxyl groups is 2. The number of hydrogen-bond acceptors (Lipinski definition) is 9. The second kappa shape index (κ2) is 16.4. The van der Waals surface area contributed by atoms with E-state index in [1.54, 1.807) is 36.4 Å². The lowest BCUT2D eigenvalue weighted by Crippen LogP contribution is -2.62. The highest BCUT2D eigenvalue weighted by Crippen LogP contribution is 2.34.